The minimum absolute atomic E-state index is 0.0117. The fourth-order valence-corrected chi connectivity index (χ4v) is 2.06. The Morgan fingerprint density at radius 3 is 2.21 bits per heavy atom. The standard InChI is InChI=1S/C12H19NO6/c1-12(2,3)19-11(18)13-5-7(4-9(14)15)8(6-13)10(16)17/h7-8H,4-6H2,1-3H3,(H,14,15)(H,16,17)/t7-,8-/m1/s1. The van der Waals surface area contributed by atoms with Crippen molar-refractivity contribution in [3.63, 3.8) is 0 Å². The highest BCUT2D eigenvalue weighted by Crippen LogP contribution is 2.28. The first-order valence-electron chi connectivity index (χ1n) is 6.02. The molecule has 1 fully saturated rings. The highest BCUT2D eigenvalue weighted by atomic mass is 16.6. The number of hydrogen-bond donors (Lipinski definition) is 2. The van der Waals surface area contributed by atoms with E-state index in [1.54, 1.807) is 20.8 Å². The molecule has 0 radical (unpaired) electrons. The highest BCUT2D eigenvalue weighted by molar-refractivity contribution is 5.76. The molecule has 0 bridgehead atoms. The van der Waals surface area contributed by atoms with Crippen molar-refractivity contribution in [3.8, 4) is 0 Å². The molecule has 0 aliphatic carbocycles. The minimum Gasteiger partial charge on any atom is -0.481 e. The molecular formula is C12H19NO6. The molecular weight excluding hydrogens is 254 g/mol. The van der Waals surface area contributed by atoms with Gasteiger partial charge in [-0.05, 0) is 20.8 Å². The van der Waals surface area contributed by atoms with E-state index >= 15 is 0 Å². The SMILES string of the molecule is CC(C)(C)OC(=O)N1C[C@@H](CC(=O)O)[C@H](C(=O)O)C1. The van der Waals surface area contributed by atoms with Crippen LogP contribution < -0.4 is 0 Å². The van der Waals surface area contributed by atoms with E-state index in [1.807, 2.05) is 0 Å². The summed E-state index contributed by atoms with van der Waals surface area (Å²) < 4.78 is 5.15. The summed E-state index contributed by atoms with van der Waals surface area (Å²) in [6.07, 6.45) is -0.873. The third-order valence-electron chi connectivity index (χ3n) is 2.85. The number of carboxylic acid groups (broad SMARTS) is 2. The monoisotopic (exact) mass is 273 g/mol. The number of carbonyl (C=O) groups is 3. The second kappa shape index (κ2) is 5.46. The minimum atomic E-state index is -1.09. The van der Waals surface area contributed by atoms with E-state index in [0.717, 1.165) is 0 Å². The Balaban J connectivity index is 2.72. The molecule has 1 saturated heterocycles. The number of aliphatic carboxylic acids is 2. The maximum absolute atomic E-state index is 11.8. The maximum Gasteiger partial charge on any atom is 0.410 e. The fraction of sp³-hybridized carbons (Fsp3) is 0.750. The molecule has 1 aliphatic rings. The fourth-order valence-electron chi connectivity index (χ4n) is 2.06. The molecule has 0 aromatic carbocycles. The van der Waals surface area contributed by atoms with Gasteiger partial charge in [0.05, 0.1) is 12.3 Å². The molecule has 1 aliphatic heterocycles. The zero-order chi connectivity index (χ0) is 14.8. The molecule has 1 amide bonds. The first kappa shape index (κ1) is 15.3. The van der Waals surface area contributed by atoms with Crippen molar-refractivity contribution in [1.82, 2.24) is 4.90 Å². The van der Waals surface area contributed by atoms with Gasteiger partial charge in [0, 0.05) is 19.0 Å². The Kier molecular flexibility index (Phi) is 4.39. The summed E-state index contributed by atoms with van der Waals surface area (Å²) in [4.78, 5) is 34.9. The van der Waals surface area contributed by atoms with Crippen LogP contribution in [0.1, 0.15) is 27.2 Å². The van der Waals surface area contributed by atoms with Gasteiger partial charge in [-0.15, -0.1) is 0 Å². The van der Waals surface area contributed by atoms with E-state index in [9.17, 15) is 14.4 Å². The Hall–Kier alpha value is -1.79. The molecule has 0 unspecified atom stereocenters. The van der Waals surface area contributed by atoms with Crippen molar-refractivity contribution in [1.29, 1.82) is 0 Å². The number of hydrogen-bond acceptors (Lipinski definition) is 4. The molecule has 0 spiro atoms. The van der Waals surface area contributed by atoms with Crippen molar-refractivity contribution in [2.45, 2.75) is 32.8 Å². The molecule has 19 heavy (non-hydrogen) atoms. The summed E-state index contributed by atoms with van der Waals surface area (Å²) in [6.45, 7) is 5.22. The highest BCUT2D eigenvalue weighted by Gasteiger charge is 2.41. The summed E-state index contributed by atoms with van der Waals surface area (Å²) in [5.74, 6) is -3.59. The number of rotatable bonds is 3. The van der Waals surface area contributed by atoms with Crippen LogP contribution >= 0.6 is 0 Å². The van der Waals surface area contributed by atoms with Gasteiger partial charge in [-0.2, -0.15) is 0 Å². The lowest BCUT2D eigenvalue weighted by Crippen LogP contribution is -2.36. The van der Waals surface area contributed by atoms with Gasteiger partial charge < -0.3 is 19.8 Å². The average molecular weight is 273 g/mol. The lowest BCUT2D eigenvalue weighted by atomic mass is 9.93. The van der Waals surface area contributed by atoms with Crippen molar-refractivity contribution in [2.24, 2.45) is 11.8 Å². The van der Waals surface area contributed by atoms with Crippen LogP contribution in [0, 0.1) is 11.8 Å². The van der Waals surface area contributed by atoms with E-state index in [4.69, 9.17) is 14.9 Å². The van der Waals surface area contributed by atoms with Crippen LogP contribution in [0.5, 0.6) is 0 Å². The number of amides is 1. The van der Waals surface area contributed by atoms with Gasteiger partial charge in [0.1, 0.15) is 5.60 Å². The molecule has 108 valence electrons. The van der Waals surface area contributed by atoms with Crippen LogP contribution in [0.15, 0.2) is 0 Å². The normalized spacial score (nSPS) is 23.2. The molecule has 7 heteroatoms. The number of ether oxygens (including phenoxy) is 1. The predicted octanol–water partition coefficient (Wildman–Crippen LogP) is 1.03. The van der Waals surface area contributed by atoms with Crippen LogP contribution in [-0.2, 0) is 14.3 Å². The van der Waals surface area contributed by atoms with Crippen LogP contribution in [0.3, 0.4) is 0 Å². The van der Waals surface area contributed by atoms with E-state index < -0.39 is 35.5 Å². The predicted molar refractivity (Wildman–Crippen MR) is 64.7 cm³/mol. The van der Waals surface area contributed by atoms with Gasteiger partial charge in [-0.25, -0.2) is 4.79 Å². The largest absolute Gasteiger partial charge is 0.481 e. The van der Waals surface area contributed by atoms with Gasteiger partial charge in [0.15, 0.2) is 0 Å². The van der Waals surface area contributed by atoms with Crippen molar-refractivity contribution in [2.75, 3.05) is 13.1 Å². The van der Waals surface area contributed by atoms with Gasteiger partial charge >= 0.3 is 18.0 Å². The number of carbonyl (C=O) groups excluding carboxylic acids is 1. The molecule has 0 aromatic heterocycles. The molecule has 2 N–H and O–H groups in total. The summed E-state index contributed by atoms with van der Waals surface area (Å²) in [7, 11) is 0. The molecule has 0 saturated carbocycles. The first-order chi connectivity index (χ1) is 8.60. The average Bonchev–Trinajstić information content (AvgIpc) is 2.57. The molecule has 2 atom stereocenters. The van der Waals surface area contributed by atoms with Crippen molar-refractivity contribution in [3.05, 3.63) is 0 Å². The maximum atomic E-state index is 11.8. The first-order valence-corrected chi connectivity index (χ1v) is 6.02. The van der Waals surface area contributed by atoms with Crippen LogP contribution in [0.25, 0.3) is 0 Å². The number of nitrogens with zero attached hydrogens (tertiary/aromatic N) is 1. The lowest BCUT2D eigenvalue weighted by Gasteiger charge is -2.24. The van der Waals surface area contributed by atoms with E-state index in [0.29, 0.717) is 0 Å². The van der Waals surface area contributed by atoms with E-state index in [2.05, 4.69) is 0 Å². The van der Waals surface area contributed by atoms with Crippen molar-refractivity contribution >= 4 is 18.0 Å². The molecule has 7 nitrogen and oxygen atoms in total. The van der Waals surface area contributed by atoms with Crippen molar-refractivity contribution < 1.29 is 29.3 Å². The van der Waals surface area contributed by atoms with Crippen LogP contribution in [-0.4, -0.2) is 51.8 Å². The van der Waals surface area contributed by atoms with Crippen LogP contribution in [0.4, 0.5) is 4.79 Å². The zero-order valence-corrected chi connectivity index (χ0v) is 11.3. The topological polar surface area (TPSA) is 104 Å². The number of likely N-dealkylation sites (tertiary alicyclic amines) is 1. The van der Waals surface area contributed by atoms with Gasteiger partial charge in [-0.3, -0.25) is 9.59 Å². The van der Waals surface area contributed by atoms with Gasteiger partial charge in [0.2, 0.25) is 0 Å². The summed E-state index contributed by atoms with van der Waals surface area (Å²) in [5.41, 5.74) is -0.666. The third-order valence-corrected chi connectivity index (χ3v) is 2.85. The van der Waals surface area contributed by atoms with E-state index in [1.165, 1.54) is 4.90 Å². The summed E-state index contributed by atoms with van der Waals surface area (Å²) >= 11 is 0. The smallest absolute Gasteiger partial charge is 0.410 e. The third kappa shape index (κ3) is 4.42. The molecule has 1 heterocycles. The van der Waals surface area contributed by atoms with E-state index in [-0.39, 0.29) is 19.5 Å². The Bertz CT molecular complexity index is 386. The lowest BCUT2D eigenvalue weighted by molar-refractivity contribution is -0.143. The van der Waals surface area contributed by atoms with Crippen LogP contribution in [0.2, 0.25) is 0 Å². The Morgan fingerprint density at radius 1 is 1.21 bits per heavy atom. The Labute approximate surface area is 111 Å². The second-order valence-electron chi connectivity index (χ2n) is 5.69. The van der Waals surface area contributed by atoms with Gasteiger partial charge in [-0.1, -0.05) is 0 Å². The zero-order valence-electron chi connectivity index (χ0n) is 11.3. The van der Waals surface area contributed by atoms with Gasteiger partial charge in [0.25, 0.3) is 0 Å². The molecule has 1 rings (SSSR count). The Morgan fingerprint density at radius 2 is 1.79 bits per heavy atom. The number of carboxylic acids is 2. The second-order valence-corrected chi connectivity index (χ2v) is 5.69. The molecule has 0 aromatic rings. The summed E-state index contributed by atoms with van der Waals surface area (Å²) in [5, 5.41) is 17.8. The summed E-state index contributed by atoms with van der Waals surface area (Å²) in [6, 6.07) is 0. The quantitative estimate of drug-likeness (QED) is 0.795.